The molecule has 8 nitrogen and oxygen atoms in total. The highest BCUT2D eigenvalue weighted by Crippen LogP contribution is 2.34. The van der Waals surface area contributed by atoms with Gasteiger partial charge < -0.3 is 24.7 Å². The van der Waals surface area contributed by atoms with Crippen molar-refractivity contribution >= 4 is 5.91 Å². The minimum atomic E-state index is -0.691. The molecule has 0 spiro atoms. The average Bonchev–Trinajstić information content (AvgIpc) is 3.38. The number of hydrogen-bond acceptors (Lipinski definition) is 7. The van der Waals surface area contributed by atoms with Crippen LogP contribution in [-0.4, -0.2) is 42.2 Å². The summed E-state index contributed by atoms with van der Waals surface area (Å²) in [5, 5.41) is 10.6. The van der Waals surface area contributed by atoms with Crippen molar-refractivity contribution in [3.8, 4) is 17.2 Å². The van der Waals surface area contributed by atoms with E-state index in [9.17, 15) is 14.7 Å². The lowest BCUT2D eigenvalue weighted by atomic mass is 9.92. The van der Waals surface area contributed by atoms with Crippen molar-refractivity contribution in [2.45, 2.75) is 51.0 Å². The highest BCUT2D eigenvalue weighted by molar-refractivity contribution is 5.75. The summed E-state index contributed by atoms with van der Waals surface area (Å²) in [6.07, 6.45) is 5.01. The van der Waals surface area contributed by atoms with Gasteiger partial charge in [-0.3, -0.25) is 14.5 Å². The lowest BCUT2D eigenvalue weighted by Crippen LogP contribution is -2.29. The lowest BCUT2D eigenvalue weighted by Gasteiger charge is -2.26. The number of piperidine rings is 1. The molecular formula is C30H34N2O6. The van der Waals surface area contributed by atoms with Crippen LogP contribution in [0.25, 0.3) is 0 Å². The smallest absolute Gasteiger partial charge is 0.227 e. The second-order valence-electron chi connectivity index (χ2n) is 10.1. The summed E-state index contributed by atoms with van der Waals surface area (Å²) in [6.45, 7) is 3.61. The van der Waals surface area contributed by atoms with Gasteiger partial charge in [0.15, 0.2) is 5.76 Å². The fourth-order valence-corrected chi connectivity index (χ4v) is 5.25. The van der Waals surface area contributed by atoms with Crippen molar-refractivity contribution in [1.29, 1.82) is 0 Å². The third kappa shape index (κ3) is 6.19. The maximum atomic E-state index is 12.6. The Hall–Kier alpha value is -3.78. The van der Waals surface area contributed by atoms with E-state index in [0.29, 0.717) is 30.2 Å². The van der Waals surface area contributed by atoms with E-state index in [4.69, 9.17) is 19.6 Å². The maximum Gasteiger partial charge on any atom is 0.227 e. The van der Waals surface area contributed by atoms with Gasteiger partial charge in [-0.2, -0.15) is 0 Å². The Labute approximate surface area is 222 Å². The molecule has 0 aliphatic carbocycles. The molecule has 3 heterocycles. The van der Waals surface area contributed by atoms with Gasteiger partial charge in [-0.05, 0) is 60.8 Å². The monoisotopic (exact) mass is 518 g/mol. The van der Waals surface area contributed by atoms with Crippen molar-refractivity contribution in [3.05, 3.63) is 87.0 Å². The van der Waals surface area contributed by atoms with E-state index in [1.807, 2.05) is 30.3 Å². The zero-order chi connectivity index (χ0) is 26.5. The van der Waals surface area contributed by atoms with Gasteiger partial charge in [0.1, 0.15) is 17.3 Å². The predicted octanol–water partition coefficient (Wildman–Crippen LogP) is 3.90. The molecule has 0 bridgehead atoms. The number of primary amides is 1. The number of rotatable bonds is 10. The maximum absolute atomic E-state index is 12.6. The van der Waals surface area contributed by atoms with Crippen LogP contribution < -0.4 is 20.6 Å². The van der Waals surface area contributed by atoms with Crippen LogP contribution >= 0.6 is 0 Å². The Kier molecular flexibility index (Phi) is 7.98. The number of carbonyl (C=O) groups is 1. The van der Waals surface area contributed by atoms with Gasteiger partial charge in [-0.15, -0.1) is 0 Å². The molecule has 0 saturated carbocycles. The molecule has 1 aromatic heterocycles. The summed E-state index contributed by atoms with van der Waals surface area (Å²) in [7, 11) is 0. The molecule has 1 fully saturated rings. The summed E-state index contributed by atoms with van der Waals surface area (Å²) in [5.74, 6) is 0.450. The quantitative estimate of drug-likeness (QED) is 0.418. The SMILES string of the molecule is NC(=O)CC(c1ccc(OCCc2ccc3c(c2)CCO3)cc1)c1oc(CN2CCCCC2)cc(=O)c1O. The molecule has 5 rings (SSSR count). The van der Waals surface area contributed by atoms with Crippen molar-refractivity contribution < 1.29 is 23.8 Å². The first-order chi connectivity index (χ1) is 18.5. The van der Waals surface area contributed by atoms with E-state index in [1.165, 1.54) is 23.6 Å². The van der Waals surface area contributed by atoms with E-state index < -0.39 is 23.0 Å². The first-order valence-electron chi connectivity index (χ1n) is 13.3. The Morgan fingerprint density at radius 2 is 1.87 bits per heavy atom. The largest absolute Gasteiger partial charge is 0.502 e. The number of ether oxygens (including phenoxy) is 2. The van der Waals surface area contributed by atoms with Crippen LogP contribution in [0.15, 0.2) is 57.7 Å². The standard InChI is InChI=1S/C30H34N2O6/c31-28(34)18-25(30-29(35)26(33)17-24(38-30)19-32-12-2-1-3-13-32)21-5-7-23(8-6-21)36-14-10-20-4-9-27-22(16-20)11-15-37-27/h4-9,16-17,25,35H,1-3,10-15,18-19H2,(H2,31,34). The molecule has 200 valence electrons. The van der Waals surface area contributed by atoms with Gasteiger partial charge in [0.2, 0.25) is 17.1 Å². The van der Waals surface area contributed by atoms with E-state index in [-0.39, 0.29) is 12.2 Å². The Bertz CT molecular complexity index is 1330. The van der Waals surface area contributed by atoms with Gasteiger partial charge >= 0.3 is 0 Å². The first-order valence-corrected chi connectivity index (χ1v) is 13.3. The van der Waals surface area contributed by atoms with Crippen LogP contribution in [0, 0.1) is 0 Å². The van der Waals surface area contributed by atoms with Crippen LogP contribution in [0.5, 0.6) is 17.2 Å². The highest BCUT2D eigenvalue weighted by atomic mass is 16.5. The van der Waals surface area contributed by atoms with E-state index in [0.717, 1.165) is 51.1 Å². The fourth-order valence-electron chi connectivity index (χ4n) is 5.25. The molecule has 2 aliphatic heterocycles. The van der Waals surface area contributed by atoms with Crippen LogP contribution in [0.3, 0.4) is 0 Å². The van der Waals surface area contributed by atoms with Crippen molar-refractivity contribution in [3.63, 3.8) is 0 Å². The third-order valence-corrected chi connectivity index (χ3v) is 7.25. The number of hydrogen-bond donors (Lipinski definition) is 2. The van der Waals surface area contributed by atoms with Gasteiger partial charge in [-0.25, -0.2) is 0 Å². The second kappa shape index (κ2) is 11.7. The zero-order valence-corrected chi connectivity index (χ0v) is 21.5. The molecule has 1 amide bonds. The molecule has 1 unspecified atom stereocenters. The van der Waals surface area contributed by atoms with E-state index >= 15 is 0 Å². The number of carbonyl (C=O) groups excluding carboxylic acids is 1. The Morgan fingerprint density at radius 3 is 2.63 bits per heavy atom. The summed E-state index contributed by atoms with van der Waals surface area (Å²) in [5.41, 5.74) is 8.16. The fraction of sp³-hybridized carbons (Fsp3) is 0.400. The average molecular weight is 519 g/mol. The van der Waals surface area contributed by atoms with Crippen LogP contribution in [0.1, 0.15) is 59.8 Å². The molecule has 1 atom stereocenters. The second-order valence-corrected chi connectivity index (χ2v) is 10.1. The number of benzene rings is 2. The highest BCUT2D eigenvalue weighted by Gasteiger charge is 2.26. The lowest BCUT2D eigenvalue weighted by molar-refractivity contribution is -0.118. The molecule has 2 aromatic carbocycles. The molecule has 0 radical (unpaired) electrons. The molecule has 3 aromatic rings. The molecule has 3 N–H and O–H groups in total. The van der Waals surface area contributed by atoms with Crippen molar-refractivity contribution in [2.75, 3.05) is 26.3 Å². The first kappa shape index (κ1) is 25.9. The van der Waals surface area contributed by atoms with Gasteiger partial charge in [-0.1, -0.05) is 30.7 Å². The predicted molar refractivity (Wildman–Crippen MR) is 143 cm³/mol. The molecule has 1 saturated heterocycles. The van der Waals surface area contributed by atoms with Crippen LogP contribution in [0.4, 0.5) is 0 Å². The normalized spacial score (nSPS) is 16.0. The number of likely N-dealkylation sites (tertiary alicyclic amines) is 1. The van der Waals surface area contributed by atoms with Gasteiger partial charge in [0.25, 0.3) is 0 Å². The van der Waals surface area contributed by atoms with Gasteiger partial charge in [0, 0.05) is 25.3 Å². The Balaban J connectivity index is 1.29. The molecule has 8 heteroatoms. The van der Waals surface area contributed by atoms with Crippen molar-refractivity contribution in [1.82, 2.24) is 4.90 Å². The number of nitrogens with zero attached hydrogens (tertiary/aromatic N) is 1. The molecule has 2 aliphatic rings. The summed E-state index contributed by atoms with van der Waals surface area (Å²) >= 11 is 0. The number of aromatic hydroxyl groups is 1. The summed E-state index contributed by atoms with van der Waals surface area (Å²) in [6, 6.07) is 14.8. The van der Waals surface area contributed by atoms with E-state index in [2.05, 4.69) is 17.0 Å². The minimum absolute atomic E-state index is 0.0672. The van der Waals surface area contributed by atoms with Crippen LogP contribution in [0.2, 0.25) is 0 Å². The topological polar surface area (TPSA) is 115 Å². The third-order valence-electron chi connectivity index (χ3n) is 7.25. The zero-order valence-electron chi connectivity index (χ0n) is 21.5. The summed E-state index contributed by atoms with van der Waals surface area (Å²) in [4.78, 5) is 26.8. The summed E-state index contributed by atoms with van der Waals surface area (Å²) < 4.78 is 17.6. The van der Waals surface area contributed by atoms with Gasteiger partial charge in [0.05, 0.1) is 25.7 Å². The number of amides is 1. The van der Waals surface area contributed by atoms with E-state index in [1.54, 1.807) is 0 Å². The number of nitrogens with two attached hydrogens (primary N) is 1. The molecular weight excluding hydrogens is 484 g/mol. The molecule has 38 heavy (non-hydrogen) atoms. The number of fused-ring (bicyclic) bond motifs is 1. The Morgan fingerprint density at radius 1 is 1.08 bits per heavy atom. The minimum Gasteiger partial charge on any atom is -0.502 e. The van der Waals surface area contributed by atoms with Crippen molar-refractivity contribution in [2.24, 2.45) is 5.73 Å². The van der Waals surface area contributed by atoms with Crippen LogP contribution in [-0.2, 0) is 24.2 Å².